The second kappa shape index (κ2) is 5.58. The summed E-state index contributed by atoms with van der Waals surface area (Å²) >= 11 is 5.39. The van der Waals surface area contributed by atoms with Crippen LogP contribution in [-0.2, 0) is 11.2 Å². The number of carbonyl (C=O) groups excluding carboxylic acids is 1. The summed E-state index contributed by atoms with van der Waals surface area (Å²) in [6, 6.07) is 2.11. The number of ether oxygens (including phenoxy) is 1. The summed E-state index contributed by atoms with van der Waals surface area (Å²) in [5.74, 6) is -0.358. The van der Waals surface area contributed by atoms with E-state index in [2.05, 4.69) is 34.0 Å². The van der Waals surface area contributed by atoms with Crippen molar-refractivity contribution in [2.75, 3.05) is 12.8 Å². The average Bonchev–Trinajstić information content (AvgIpc) is 2.92. The lowest BCUT2D eigenvalue weighted by Crippen LogP contribution is -2.02. The minimum Gasteiger partial charge on any atom is -0.465 e. The maximum atomic E-state index is 11.7. The zero-order valence-corrected chi connectivity index (χ0v) is 13.7. The quantitative estimate of drug-likeness (QED) is 0.633. The number of hydrogen-bond acceptors (Lipinski definition) is 5. The van der Waals surface area contributed by atoms with Crippen LogP contribution in [0.1, 0.15) is 22.2 Å². The highest BCUT2D eigenvalue weighted by molar-refractivity contribution is 14.1. The Labute approximate surface area is 127 Å². The number of thiophene rings is 2. The van der Waals surface area contributed by atoms with E-state index >= 15 is 0 Å². The lowest BCUT2D eigenvalue weighted by molar-refractivity contribution is 0.0607. The van der Waals surface area contributed by atoms with Gasteiger partial charge in [0.25, 0.3) is 0 Å². The topological polar surface area (TPSA) is 52.3 Å². The first-order valence-electron chi connectivity index (χ1n) is 5.32. The monoisotopic (exact) mass is 393 g/mol. The fraction of sp³-hybridized carbons (Fsp3) is 0.250. The third-order valence-electron chi connectivity index (χ3n) is 2.60. The van der Waals surface area contributed by atoms with Crippen molar-refractivity contribution in [3.8, 4) is 10.4 Å². The third-order valence-corrected chi connectivity index (χ3v) is 5.67. The number of rotatable bonds is 3. The molecule has 0 aliphatic carbocycles. The molecule has 0 aliphatic heterocycles. The van der Waals surface area contributed by atoms with E-state index in [1.165, 1.54) is 21.3 Å². The van der Waals surface area contributed by atoms with Gasteiger partial charge < -0.3 is 10.5 Å². The highest BCUT2D eigenvalue weighted by Gasteiger charge is 2.21. The number of methoxy groups -OCH3 is 1. The van der Waals surface area contributed by atoms with E-state index in [-0.39, 0.29) is 5.97 Å². The lowest BCUT2D eigenvalue weighted by Gasteiger charge is -1.99. The predicted octanol–water partition coefficient (Wildman–Crippen LogP) is 4.01. The Morgan fingerprint density at radius 2 is 2.28 bits per heavy atom. The van der Waals surface area contributed by atoms with E-state index in [0.29, 0.717) is 10.6 Å². The second-order valence-electron chi connectivity index (χ2n) is 3.64. The predicted molar refractivity (Wildman–Crippen MR) is 85.5 cm³/mol. The number of carbonyl (C=O) groups is 1. The molecule has 0 aromatic carbocycles. The maximum Gasteiger partial charge on any atom is 0.350 e. The summed E-state index contributed by atoms with van der Waals surface area (Å²) in [6.07, 6.45) is 0.807. The highest BCUT2D eigenvalue weighted by Crippen LogP contribution is 2.41. The van der Waals surface area contributed by atoms with E-state index < -0.39 is 0 Å². The van der Waals surface area contributed by atoms with Crippen LogP contribution in [0.25, 0.3) is 10.4 Å². The molecule has 0 fully saturated rings. The molecular formula is C12H12INO2S2. The molecule has 2 heterocycles. The van der Waals surface area contributed by atoms with Crippen LogP contribution >= 0.6 is 45.3 Å². The average molecular weight is 393 g/mol. The molecule has 0 aliphatic rings. The first-order valence-corrected chi connectivity index (χ1v) is 8.09. The van der Waals surface area contributed by atoms with E-state index in [1.807, 2.05) is 6.92 Å². The second-order valence-corrected chi connectivity index (χ2v) is 7.46. The van der Waals surface area contributed by atoms with Gasteiger partial charge in [0, 0.05) is 15.8 Å². The molecule has 18 heavy (non-hydrogen) atoms. The van der Waals surface area contributed by atoms with E-state index in [4.69, 9.17) is 10.5 Å². The van der Waals surface area contributed by atoms with Crippen LogP contribution in [0.2, 0.25) is 0 Å². The van der Waals surface area contributed by atoms with Crippen molar-refractivity contribution in [1.29, 1.82) is 0 Å². The first-order chi connectivity index (χ1) is 8.58. The van der Waals surface area contributed by atoms with E-state index in [1.54, 1.807) is 11.3 Å². The molecule has 6 heteroatoms. The minimum atomic E-state index is -0.358. The van der Waals surface area contributed by atoms with Crippen molar-refractivity contribution in [1.82, 2.24) is 0 Å². The van der Waals surface area contributed by atoms with Crippen LogP contribution in [-0.4, -0.2) is 13.1 Å². The Balaban J connectivity index is 2.57. The van der Waals surface area contributed by atoms with Crippen molar-refractivity contribution in [3.05, 3.63) is 24.8 Å². The molecule has 2 rings (SSSR count). The van der Waals surface area contributed by atoms with Gasteiger partial charge in [0.2, 0.25) is 0 Å². The molecule has 2 aromatic heterocycles. The fourth-order valence-corrected chi connectivity index (χ4v) is 4.36. The van der Waals surface area contributed by atoms with Gasteiger partial charge in [-0.3, -0.25) is 0 Å². The summed E-state index contributed by atoms with van der Waals surface area (Å²) in [5, 5.41) is 2.09. The molecule has 0 radical (unpaired) electrons. The normalized spacial score (nSPS) is 10.6. The standard InChI is InChI=1S/C12H12INO2S2/c1-3-7-9(14)11(12(15)16-2)18-10(7)6-4-8(13)17-5-6/h4-5H,3,14H2,1-2H3. The summed E-state index contributed by atoms with van der Waals surface area (Å²) in [5.41, 5.74) is 8.78. The molecule has 0 bridgehead atoms. The van der Waals surface area contributed by atoms with Gasteiger partial charge in [0.05, 0.1) is 15.7 Å². The largest absolute Gasteiger partial charge is 0.465 e. The molecule has 0 saturated carbocycles. The Kier molecular flexibility index (Phi) is 4.29. The molecule has 0 amide bonds. The molecule has 0 atom stereocenters. The zero-order valence-electron chi connectivity index (χ0n) is 9.95. The van der Waals surface area contributed by atoms with Gasteiger partial charge in [-0.2, -0.15) is 0 Å². The van der Waals surface area contributed by atoms with Crippen molar-refractivity contribution in [3.63, 3.8) is 0 Å². The Morgan fingerprint density at radius 1 is 1.56 bits per heavy atom. The van der Waals surface area contributed by atoms with E-state index in [9.17, 15) is 4.79 Å². The van der Waals surface area contributed by atoms with Crippen LogP contribution in [0.4, 0.5) is 5.69 Å². The fourth-order valence-electron chi connectivity index (χ4n) is 1.74. The van der Waals surface area contributed by atoms with Crippen LogP contribution < -0.4 is 5.73 Å². The maximum absolute atomic E-state index is 11.7. The van der Waals surface area contributed by atoms with Crippen molar-refractivity contribution in [2.24, 2.45) is 0 Å². The van der Waals surface area contributed by atoms with Crippen molar-refractivity contribution >= 4 is 56.9 Å². The third kappa shape index (κ3) is 2.41. The molecule has 0 spiro atoms. The summed E-state index contributed by atoms with van der Waals surface area (Å²) in [7, 11) is 1.38. The van der Waals surface area contributed by atoms with Gasteiger partial charge in [0.15, 0.2) is 0 Å². The van der Waals surface area contributed by atoms with Gasteiger partial charge in [-0.05, 0) is 40.6 Å². The van der Waals surface area contributed by atoms with Crippen LogP contribution in [0, 0.1) is 2.88 Å². The lowest BCUT2D eigenvalue weighted by atomic mass is 10.1. The summed E-state index contributed by atoms with van der Waals surface area (Å²) in [4.78, 5) is 13.2. The summed E-state index contributed by atoms with van der Waals surface area (Å²) < 4.78 is 5.98. The van der Waals surface area contributed by atoms with Crippen molar-refractivity contribution in [2.45, 2.75) is 13.3 Å². The Hall–Kier alpha value is -0.600. The smallest absolute Gasteiger partial charge is 0.350 e. The molecule has 2 N–H and O–H groups in total. The SMILES string of the molecule is CCc1c(-c2csc(I)c2)sc(C(=O)OC)c1N. The Bertz CT molecular complexity index is 589. The molecule has 96 valence electrons. The van der Waals surface area contributed by atoms with Crippen LogP contribution in [0.15, 0.2) is 11.4 Å². The Morgan fingerprint density at radius 3 is 2.78 bits per heavy atom. The van der Waals surface area contributed by atoms with Gasteiger partial charge in [0.1, 0.15) is 4.88 Å². The van der Waals surface area contributed by atoms with E-state index in [0.717, 1.165) is 22.4 Å². The minimum absolute atomic E-state index is 0.358. The number of nitrogen functional groups attached to an aromatic ring is 1. The molecule has 0 unspecified atom stereocenters. The number of nitrogens with two attached hydrogens (primary N) is 1. The number of anilines is 1. The van der Waals surface area contributed by atoms with Crippen LogP contribution in [0.5, 0.6) is 0 Å². The molecular weight excluding hydrogens is 381 g/mol. The van der Waals surface area contributed by atoms with Crippen LogP contribution in [0.3, 0.4) is 0 Å². The summed E-state index contributed by atoms with van der Waals surface area (Å²) in [6.45, 7) is 2.04. The van der Waals surface area contributed by atoms with Crippen molar-refractivity contribution < 1.29 is 9.53 Å². The number of hydrogen-bond donors (Lipinski definition) is 1. The first kappa shape index (κ1) is 13.8. The van der Waals surface area contributed by atoms with Gasteiger partial charge in [-0.15, -0.1) is 22.7 Å². The number of esters is 1. The van der Waals surface area contributed by atoms with Gasteiger partial charge >= 0.3 is 5.97 Å². The highest BCUT2D eigenvalue weighted by atomic mass is 127. The molecule has 2 aromatic rings. The number of halogens is 1. The molecule has 0 saturated heterocycles. The van der Waals surface area contributed by atoms with Gasteiger partial charge in [-0.1, -0.05) is 6.92 Å². The van der Waals surface area contributed by atoms with Gasteiger partial charge in [-0.25, -0.2) is 4.79 Å². The zero-order chi connectivity index (χ0) is 13.3. The molecule has 3 nitrogen and oxygen atoms in total.